The molecule has 1 fully saturated rings. The lowest BCUT2D eigenvalue weighted by molar-refractivity contribution is -0.125. The SMILES string of the molecule is O=C(NCCc1ccc(Cl)cc1)[C@H]1CCCNC1. The zero-order chi connectivity index (χ0) is 12.8. The highest BCUT2D eigenvalue weighted by Crippen LogP contribution is 2.11. The molecule has 1 heterocycles. The maximum Gasteiger partial charge on any atom is 0.224 e. The van der Waals surface area contributed by atoms with Crippen LogP contribution in [0.3, 0.4) is 0 Å². The fourth-order valence-electron chi connectivity index (χ4n) is 2.20. The van der Waals surface area contributed by atoms with Crippen molar-refractivity contribution in [3.05, 3.63) is 34.9 Å². The van der Waals surface area contributed by atoms with Crippen molar-refractivity contribution in [1.82, 2.24) is 10.6 Å². The van der Waals surface area contributed by atoms with E-state index < -0.39 is 0 Å². The number of hydrogen-bond donors (Lipinski definition) is 2. The van der Waals surface area contributed by atoms with Crippen LogP contribution in [0.1, 0.15) is 18.4 Å². The van der Waals surface area contributed by atoms with Gasteiger partial charge in [-0.2, -0.15) is 0 Å². The summed E-state index contributed by atoms with van der Waals surface area (Å²) in [4.78, 5) is 11.9. The molecule has 1 aromatic carbocycles. The molecule has 1 aromatic rings. The van der Waals surface area contributed by atoms with Crippen molar-refractivity contribution < 1.29 is 4.79 Å². The molecule has 18 heavy (non-hydrogen) atoms. The molecule has 1 aliphatic heterocycles. The monoisotopic (exact) mass is 266 g/mol. The van der Waals surface area contributed by atoms with Crippen molar-refractivity contribution in [2.24, 2.45) is 5.92 Å². The number of nitrogens with one attached hydrogen (secondary N) is 2. The Kier molecular flexibility index (Phi) is 5.02. The summed E-state index contributed by atoms with van der Waals surface area (Å²) in [7, 11) is 0. The van der Waals surface area contributed by atoms with Gasteiger partial charge in [0, 0.05) is 18.1 Å². The molecule has 0 aromatic heterocycles. The zero-order valence-electron chi connectivity index (χ0n) is 10.4. The molecule has 1 aliphatic rings. The molecule has 0 saturated carbocycles. The first-order chi connectivity index (χ1) is 8.75. The van der Waals surface area contributed by atoms with Crippen LogP contribution < -0.4 is 10.6 Å². The van der Waals surface area contributed by atoms with Gasteiger partial charge in [-0.05, 0) is 43.5 Å². The van der Waals surface area contributed by atoms with Gasteiger partial charge in [-0.1, -0.05) is 23.7 Å². The first-order valence-corrected chi connectivity index (χ1v) is 6.86. The summed E-state index contributed by atoms with van der Waals surface area (Å²) in [5, 5.41) is 7.00. The maximum absolute atomic E-state index is 11.9. The summed E-state index contributed by atoms with van der Waals surface area (Å²) in [6.45, 7) is 2.54. The van der Waals surface area contributed by atoms with E-state index in [1.54, 1.807) is 0 Å². The third-order valence-electron chi connectivity index (χ3n) is 3.29. The Hall–Kier alpha value is -1.06. The van der Waals surface area contributed by atoms with Crippen LogP contribution in [0.4, 0.5) is 0 Å². The van der Waals surface area contributed by atoms with Gasteiger partial charge in [-0.15, -0.1) is 0 Å². The number of amides is 1. The van der Waals surface area contributed by atoms with Crippen LogP contribution in [-0.2, 0) is 11.2 Å². The smallest absolute Gasteiger partial charge is 0.224 e. The molecule has 0 radical (unpaired) electrons. The third-order valence-corrected chi connectivity index (χ3v) is 3.55. The Bertz CT molecular complexity index is 385. The lowest BCUT2D eigenvalue weighted by Crippen LogP contribution is -2.41. The predicted octanol–water partition coefficient (Wildman–Crippen LogP) is 2.00. The third kappa shape index (κ3) is 4.00. The topological polar surface area (TPSA) is 41.1 Å². The van der Waals surface area contributed by atoms with Gasteiger partial charge in [-0.3, -0.25) is 4.79 Å². The van der Waals surface area contributed by atoms with E-state index in [1.807, 2.05) is 24.3 Å². The summed E-state index contributed by atoms with van der Waals surface area (Å²) in [6.07, 6.45) is 2.94. The second-order valence-corrected chi connectivity index (χ2v) is 5.15. The molecule has 3 nitrogen and oxygen atoms in total. The highest BCUT2D eigenvalue weighted by Gasteiger charge is 2.19. The van der Waals surface area contributed by atoms with Crippen molar-refractivity contribution in [3.63, 3.8) is 0 Å². The van der Waals surface area contributed by atoms with Crippen LogP contribution in [0.25, 0.3) is 0 Å². The standard InChI is InChI=1S/C14H19ClN2O/c15-13-5-3-11(4-6-13)7-9-17-14(18)12-2-1-8-16-10-12/h3-6,12,16H,1-2,7-10H2,(H,17,18)/t12-/m0/s1. The van der Waals surface area contributed by atoms with E-state index in [-0.39, 0.29) is 11.8 Å². The predicted molar refractivity (Wildman–Crippen MR) is 73.8 cm³/mol. The molecular weight excluding hydrogens is 248 g/mol. The minimum Gasteiger partial charge on any atom is -0.355 e. The number of benzene rings is 1. The molecule has 0 spiro atoms. The second-order valence-electron chi connectivity index (χ2n) is 4.71. The molecule has 0 bridgehead atoms. The Morgan fingerprint density at radius 2 is 2.17 bits per heavy atom. The van der Waals surface area contributed by atoms with Gasteiger partial charge in [0.15, 0.2) is 0 Å². The average Bonchev–Trinajstić information content (AvgIpc) is 2.42. The lowest BCUT2D eigenvalue weighted by atomic mass is 9.99. The molecule has 0 unspecified atom stereocenters. The molecule has 98 valence electrons. The van der Waals surface area contributed by atoms with Crippen molar-refractivity contribution >= 4 is 17.5 Å². The summed E-state index contributed by atoms with van der Waals surface area (Å²) < 4.78 is 0. The van der Waals surface area contributed by atoms with Crippen LogP contribution in [0, 0.1) is 5.92 Å². The fraction of sp³-hybridized carbons (Fsp3) is 0.500. The number of halogens is 1. The van der Waals surface area contributed by atoms with E-state index in [1.165, 1.54) is 5.56 Å². The van der Waals surface area contributed by atoms with E-state index >= 15 is 0 Å². The van der Waals surface area contributed by atoms with Crippen LogP contribution in [0.5, 0.6) is 0 Å². The van der Waals surface area contributed by atoms with Gasteiger partial charge in [0.2, 0.25) is 5.91 Å². The molecule has 1 amide bonds. The summed E-state index contributed by atoms with van der Waals surface area (Å²) >= 11 is 5.82. The normalized spacial score (nSPS) is 19.5. The Balaban J connectivity index is 1.71. The molecule has 1 saturated heterocycles. The highest BCUT2D eigenvalue weighted by molar-refractivity contribution is 6.30. The van der Waals surface area contributed by atoms with Gasteiger partial charge in [0.1, 0.15) is 0 Å². The Morgan fingerprint density at radius 1 is 1.39 bits per heavy atom. The zero-order valence-corrected chi connectivity index (χ0v) is 11.2. The van der Waals surface area contributed by atoms with Crippen molar-refractivity contribution in [1.29, 1.82) is 0 Å². The minimum atomic E-state index is 0.143. The van der Waals surface area contributed by atoms with Crippen LogP contribution >= 0.6 is 11.6 Å². The highest BCUT2D eigenvalue weighted by atomic mass is 35.5. The van der Waals surface area contributed by atoms with E-state index in [0.29, 0.717) is 6.54 Å². The van der Waals surface area contributed by atoms with E-state index in [4.69, 9.17) is 11.6 Å². The van der Waals surface area contributed by atoms with Gasteiger partial charge < -0.3 is 10.6 Å². The first-order valence-electron chi connectivity index (χ1n) is 6.48. The van der Waals surface area contributed by atoms with Crippen molar-refractivity contribution in [3.8, 4) is 0 Å². The summed E-state index contributed by atoms with van der Waals surface area (Å²) in [5.74, 6) is 0.320. The Morgan fingerprint density at radius 3 is 2.83 bits per heavy atom. The van der Waals surface area contributed by atoms with Gasteiger partial charge >= 0.3 is 0 Å². The first kappa shape index (κ1) is 13.4. The van der Waals surface area contributed by atoms with E-state index in [2.05, 4.69) is 10.6 Å². The fourth-order valence-corrected chi connectivity index (χ4v) is 2.33. The molecule has 2 rings (SSSR count). The molecule has 1 atom stereocenters. The number of hydrogen-bond acceptors (Lipinski definition) is 2. The number of carbonyl (C=O) groups excluding carboxylic acids is 1. The average molecular weight is 267 g/mol. The van der Waals surface area contributed by atoms with Crippen LogP contribution in [0.2, 0.25) is 5.02 Å². The molecule has 4 heteroatoms. The van der Waals surface area contributed by atoms with E-state index in [0.717, 1.165) is 37.4 Å². The second kappa shape index (κ2) is 6.76. The van der Waals surface area contributed by atoms with E-state index in [9.17, 15) is 4.79 Å². The molecular formula is C14H19ClN2O. The summed E-state index contributed by atoms with van der Waals surface area (Å²) in [5.41, 5.74) is 1.20. The van der Waals surface area contributed by atoms with Crippen LogP contribution in [-0.4, -0.2) is 25.5 Å². The molecule has 2 N–H and O–H groups in total. The van der Waals surface area contributed by atoms with Crippen molar-refractivity contribution in [2.45, 2.75) is 19.3 Å². The maximum atomic E-state index is 11.9. The number of piperidine rings is 1. The van der Waals surface area contributed by atoms with Gasteiger partial charge in [0.25, 0.3) is 0 Å². The summed E-state index contributed by atoms with van der Waals surface area (Å²) in [6, 6.07) is 7.75. The van der Waals surface area contributed by atoms with Crippen LogP contribution in [0.15, 0.2) is 24.3 Å². The number of carbonyl (C=O) groups is 1. The minimum absolute atomic E-state index is 0.143. The lowest BCUT2D eigenvalue weighted by Gasteiger charge is -2.21. The Labute approximate surface area is 113 Å². The quantitative estimate of drug-likeness (QED) is 0.875. The van der Waals surface area contributed by atoms with Gasteiger partial charge in [-0.25, -0.2) is 0 Å². The van der Waals surface area contributed by atoms with Gasteiger partial charge in [0.05, 0.1) is 5.92 Å². The largest absolute Gasteiger partial charge is 0.355 e. The van der Waals surface area contributed by atoms with Crippen molar-refractivity contribution in [2.75, 3.05) is 19.6 Å². The molecule has 0 aliphatic carbocycles. The number of rotatable bonds is 4.